The van der Waals surface area contributed by atoms with E-state index in [1.54, 1.807) is 12.1 Å². The van der Waals surface area contributed by atoms with E-state index in [1.165, 1.54) is 24.6 Å². The van der Waals surface area contributed by atoms with Gasteiger partial charge in [0.15, 0.2) is 0 Å². The summed E-state index contributed by atoms with van der Waals surface area (Å²) in [6.45, 7) is 0.291. The predicted octanol–water partition coefficient (Wildman–Crippen LogP) is 0.704. The zero-order chi connectivity index (χ0) is 17.1. The van der Waals surface area contributed by atoms with Crippen LogP contribution in [0.2, 0.25) is 0 Å². The Morgan fingerprint density at radius 2 is 2.17 bits per heavy atom. The maximum atomic E-state index is 12.2. The summed E-state index contributed by atoms with van der Waals surface area (Å²) in [4.78, 5) is 41.2. The molecule has 9 nitrogen and oxygen atoms in total. The molecular weight excluding hydrogens is 334 g/mol. The van der Waals surface area contributed by atoms with E-state index >= 15 is 0 Å². The molecule has 1 aliphatic rings. The largest absolute Gasteiger partial charge is 0.377 e. The Morgan fingerprint density at radius 1 is 1.33 bits per heavy atom. The Balaban J connectivity index is 1.57. The Labute approximate surface area is 140 Å². The minimum atomic E-state index is -0.485. The summed E-state index contributed by atoms with van der Waals surface area (Å²) < 4.78 is 4.92. The standard InChI is InChI=1S/C14H13N5O4S/c1-23-7-10-17-18-14(24-10)16-9(20)4-6-19-12(21)8-3-2-5-15-11(8)13(19)22/h2-3,5H,4,6-7H2,1H3,(H,16,18,20). The Morgan fingerprint density at radius 3 is 2.92 bits per heavy atom. The van der Waals surface area contributed by atoms with E-state index in [0.717, 1.165) is 4.90 Å². The zero-order valence-corrected chi connectivity index (χ0v) is 13.5. The molecule has 0 saturated carbocycles. The van der Waals surface area contributed by atoms with Crippen LogP contribution in [0.15, 0.2) is 18.3 Å². The fourth-order valence-electron chi connectivity index (χ4n) is 2.20. The highest BCUT2D eigenvalue weighted by Crippen LogP contribution is 2.21. The van der Waals surface area contributed by atoms with Crippen LogP contribution >= 0.6 is 11.3 Å². The molecule has 0 unspecified atom stereocenters. The van der Waals surface area contributed by atoms with Crippen molar-refractivity contribution in [3.05, 3.63) is 34.6 Å². The summed E-state index contributed by atoms with van der Waals surface area (Å²) in [5.74, 6) is -1.28. The highest BCUT2D eigenvalue weighted by atomic mass is 32.1. The van der Waals surface area contributed by atoms with Crippen molar-refractivity contribution in [3.63, 3.8) is 0 Å². The van der Waals surface area contributed by atoms with Crippen molar-refractivity contribution in [1.82, 2.24) is 20.1 Å². The molecule has 0 fully saturated rings. The molecule has 3 amide bonds. The van der Waals surface area contributed by atoms with Gasteiger partial charge in [-0.1, -0.05) is 11.3 Å². The monoisotopic (exact) mass is 347 g/mol. The van der Waals surface area contributed by atoms with Gasteiger partial charge in [0, 0.05) is 26.3 Å². The maximum Gasteiger partial charge on any atom is 0.280 e. The van der Waals surface area contributed by atoms with Crippen LogP contribution in [-0.4, -0.2) is 51.5 Å². The minimum Gasteiger partial charge on any atom is -0.377 e. The number of methoxy groups -OCH3 is 1. The van der Waals surface area contributed by atoms with E-state index < -0.39 is 11.8 Å². The molecule has 0 aromatic carbocycles. The molecule has 2 aromatic heterocycles. The molecule has 0 atom stereocenters. The van der Waals surface area contributed by atoms with Crippen LogP contribution in [0, 0.1) is 0 Å². The molecule has 0 aliphatic carbocycles. The van der Waals surface area contributed by atoms with Gasteiger partial charge in [-0.2, -0.15) is 0 Å². The maximum absolute atomic E-state index is 12.2. The summed E-state index contributed by atoms with van der Waals surface area (Å²) in [6.07, 6.45) is 1.41. The van der Waals surface area contributed by atoms with Crippen molar-refractivity contribution in [1.29, 1.82) is 0 Å². The smallest absolute Gasteiger partial charge is 0.280 e. The van der Waals surface area contributed by atoms with E-state index in [-0.39, 0.29) is 30.1 Å². The number of nitrogens with one attached hydrogen (secondary N) is 1. The molecule has 0 spiro atoms. The van der Waals surface area contributed by atoms with E-state index in [4.69, 9.17) is 4.74 Å². The first-order valence-electron chi connectivity index (χ1n) is 7.02. The zero-order valence-electron chi connectivity index (χ0n) is 12.7. The second kappa shape index (κ2) is 6.81. The number of hydrogen-bond acceptors (Lipinski definition) is 8. The van der Waals surface area contributed by atoms with E-state index in [9.17, 15) is 14.4 Å². The van der Waals surface area contributed by atoms with Crippen molar-refractivity contribution in [2.75, 3.05) is 19.0 Å². The highest BCUT2D eigenvalue weighted by Gasteiger charge is 2.36. The van der Waals surface area contributed by atoms with E-state index in [1.807, 2.05) is 0 Å². The first-order valence-corrected chi connectivity index (χ1v) is 7.84. The lowest BCUT2D eigenvalue weighted by atomic mass is 10.2. The van der Waals surface area contributed by atoms with Crippen LogP contribution in [0.4, 0.5) is 5.13 Å². The number of anilines is 1. The molecule has 124 valence electrons. The Hall–Kier alpha value is -2.72. The summed E-state index contributed by atoms with van der Waals surface area (Å²) in [5, 5.41) is 11.2. The van der Waals surface area contributed by atoms with Crippen molar-refractivity contribution in [2.45, 2.75) is 13.0 Å². The van der Waals surface area contributed by atoms with Gasteiger partial charge in [0.2, 0.25) is 11.0 Å². The molecule has 10 heteroatoms. The molecule has 2 aromatic rings. The van der Waals surface area contributed by atoms with Gasteiger partial charge in [-0.15, -0.1) is 10.2 Å². The van der Waals surface area contributed by atoms with Crippen molar-refractivity contribution in [2.24, 2.45) is 0 Å². The van der Waals surface area contributed by atoms with Crippen LogP contribution in [0.3, 0.4) is 0 Å². The third-order valence-corrected chi connectivity index (χ3v) is 4.09. The van der Waals surface area contributed by atoms with E-state index in [2.05, 4.69) is 20.5 Å². The molecule has 0 saturated heterocycles. The molecule has 1 aliphatic heterocycles. The molecule has 1 N–H and O–H groups in total. The topological polar surface area (TPSA) is 114 Å². The lowest BCUT2D eigenvalue weighted by Gasteiger charge is -2.12. The average molecular weight is 347 g/mol. The summed E-state index contributed by atoms with van der Waals surface area (Å²) in [5.41, 5.74) is 0.382. The summed E-state index contributed by atoms with van der Waals surface area (Å²) >= 11 is 1.20. The van der Waals surface area contributed by atoms with Gasteiger partial charge in [-0.3, -0.25) is 24.3 Å². The van der Waals surface area contributed by atoms with Crippen molar-refractivity contribution in [3.8, 4) is 0 Å². The fraction of sp³-hybridized carbons (Fsp3) is 0.286. The van der Waals surface area contributed by atoms with Gasteiger partial charge in [-0.05, 0) is 12.1 Å². The third-order valence-electron chi connectivity index (χ3n) is 3.27. The van der Waals surface area contributed by atoms with Crippen LogP contribution in [0.1, 0.15) is 32.3 Å². The van der Waals surface area contributed by atoms with Crippen LogP contribution in [-0.2, 0) is 16.1 Å². The number of hydrogen-bond donors (Lipinski definition) is 1. The first kappa shape index (κ1) is 16.1. The SMILES string of the molecule is COCc1nnc(NC(=O)CCN2C(=O)c3cccnc3C2=O)s1. The minimum absolute atomic E-state index is 0.0242. The molecule has 3 heterocycles. The number of imide groups is 1. The molecule has 0 bridgehead atoms. The third kappa shape index (κ3) is 3.14. The number of ether oxygens (including phenoxy) is 1. The van der Waals surface area contributed by atoms with Crippen molar-refractivity contribution >= 4 is 34.2 Å². The number of carbonyl (C=O) groups excluding carboxylic acids is 3. The molecule has 3 rings (SSSR count). The molecular formula is C14H13N5O4S. The lowest BCUT2D eigenvalue weighted by molar-refractivity contribution is -0.116. The quantitative estimate of drug-likeness (QED) is 0.765. The fourth-order valence-corrected chi connectivity index (χ4v) is 2.93. The normalized spacial score (nSPS) is 13.3. The predicted molar refractivity (Wildman–Crippen MR) is 83.5 cm³/mol. The highest BCUT2D eigenvalue weighted by molar-refractivity contribution is 7.15. The summed E-state index contributed by atoms with van der Waals surface area (Å²) in [6, 6.07) is 3.13. The van der Waals surface area contributed by atoms with Gasteiger partial charge in [0.25, 0.3) is 11.8 Å². The second-order valence-electron chi connectivity index (χ2n) is 4.89. The van der Waals surface area contributed by atoms with Gasteiger partial charge < -0.3 is 10.1 Å². The second-order valence-corrected chi connectivity index (χ2v) is 5.96. The number of rotatable bonds is 6. The average Bonchev–Trinajstić information content (AvgIpc) is 3.10. The first-order chi connectivity index (χ1) is 11.6. The van der Waals surface area contributed by atoms with Crippen LogP contribution < -0.4 is 5.32 Å². The van der Waals surface area contributed by atoms with Gasteiger partial charge in [0.05, 0.1) is 5.56 Å². The van der Waals surface area contributed by atoms with Crippen LogP contribution in [0.25, 0.3) is 0 Å². The Bertz CT molecular complexity index is 771. The Kier molecular flexibility index (Phi) is 4.58. The molecule has 0 radical (unpaired) electrons. The number of aromatic nitrogens is 3. The molecule has 24 heavy (non-hydrogen) atoms. The van der Waals surface area contributed by atoms with Gasteiger partial charge >= 0.3 is 0 Å². The van der Waals surface area contributed by atoms with Crippen LogP contribution in [0.5, 0.6) is 0 Å². The van der Waals surface area contributed by atoms with Gasteiger partial charge in [0.1, 0.15) is 17.3 Å². The number of amides is 3. The number of pyridine rings is 1. The number of nitrogens with zero attached hydrogens (tertiary/aromatic N) is 4. The van der Waals surface area contributed by atoms with Gasteiger partial charge in [-0.25, -0.2) is 0 Å². The van der Waals surface area contributed by atoms with E-state index in [0.29, 0.717) is 16.7 Å². The lowest BCUT2D eigenvalue weighted by Crippen LogP contribution is -2.33. The van der Waals surface area contributed by atoms with Crippen molar-refractivity contribution < 1.29 is 19.1 Å². The number of fused-ring (bicyclic) bond motifs is 1. The summed E-state index contributed by atoms with van der Waals surface area (Å²) in [7, 11) is 1.54. The number of carbonyl (C=O) groups is 3.